The zero-order valence-electron chi connectivity index (χ0n) is 13.2. The van der Waals surface area contributed by atoms with E-state index in [9.17, 15) is 4.79 Å². The van der Waals surface area contributed by atoms with E-state index in [0.717, 1.165) is 5.56 Å². The molecule has 0 radical (unpaired) electrons. The molecule has 0 spiro atoms. The fourth-order valence-electron chi connectivity index (χ4n) is 2.15. The lowest BCUT2D eigenvalue weighted by Gasteiger charge is -2.08. The average Bonchev–Trinajstić information content (AvgIpc) is 3.01. The Bertz CT molecular complexity index is 798. The van der Waals surface area contributed by atoms with Crippen LogP contribution in [0.25, 0.3) is 0 Å². The molecular weight excluding hydrogens is 306 g/mol. The smallest absolute Gasteiger partial charge is 0.262 e. The number of hydrogen-bond acceptors (Lipinski definition) is 5. The molecule has 6 nitrogen and oxygen atoms in total. The standard InChI is InChI=1S/C18H17N3O3/c1-13-20-21-18(24-13)11-14-7-9-15(10-8-14)19-17(22)12-23-16-5-3-2-4-6-16/h2-10H,11-12H2,1H3,(H,19,22). The van der Waals surface area contributed by atoms with E-state index in [1.165, 1.54) is 0 Å². The van der Waals surface area contributed by atoms with E-state index in [1.807, 2.05) is 42.5 Å². The molecule has 0 unspecified atom stereocenters. The molecule has 1 aromatic heterocycles. The molecule has 3 rings (SSSR count). The summed E-state index contributed by atoms with van der Waals surface area (Å²) in [6.07, 6.45) is 0.562. The number of para-hydroxylation sites is 1. The fraction of sp³-hybridized carbons (Fsp3) is 0.167. The van der Waals surface area contributed by atoms with Gasteiger partial charge in [0.05, 0.1) is 6.42 Å². The predicted octanol–water partition coefficient (Wildman–Crippen LogP) is 2.99. The normalized spacial score (nSPS) is 10.4. The summed E-state index contributed by atoms with van der Waals surface area (Å²) in [5.41, 5.74) is 1.74. The number of anilines is 1. The maximum Gasteiger partial charge on any atom is 0.262 e. The van der Waals surface area contributed by atoms with Crippen molar-refractivity contribution in [2.75, 3.05) is 11.9 Å². The van der Waals surface area contributed by atoms with Gasteiger partial charge in [-0.1, -0.05) is 30.3 Å². The molecule has 24 heavy (non-hydrogen) atoms. The van der Waals surface area contributed by atoms with Gasteiger partial charge in [0.1, 0.15) is 5.75 Å². The molecule has 0 fully saturated rings. The second kappa shape index (κ2) is 7.41. The van der Waals surface area contributed by atoms with Crippen LogP contribution in [0.1, 0.15) is 17.3 Å². The summed E-state index contributed by atoms with van der Waals surface area (Å²) >= 11 is 0. The van der Waals surface area contributed by atoms with E-state index in [-0.39, 0.29) is 12.5 Å². The highest BCUT2D eigenvalue weighted by atomic mass is 16.5. The summed E-state index contributed by atoms with van der Waals surface area (Å²) in [6.45, 7) is 1.72. The lowest BCUT2D eigenvalue weighted by Crippen LogP contribution is -2.20. The van der Waals surface area contributed by atoms with Crippen LogP contribution >= 0.6 is 0 Å². The lowest BCUT2D eigenvalue weighted by atomic mass is 10.1. The number of nitrogens with zero attached hydrogens (tertiary/aromatic N) is 2. The van der Waals surface area contributed by atoms with Gasteiger partial charge in [0, 0.05) is 12.6 Å². The maximum atomic E-state index is 11.9. The first-order chi connectivity index (χ1) is 11.7. The molecule has 0 aliphatic carbocycles. The number of amides is 1. The Morgan fingerprint density at radius 1 is 1.08 bits per heavy atom. The Morgan fingerprint density at radius 3 is 2.50 bits per heavy atom. The lowest BCUT2D eigenvalue weighted by molar-refractivity contribution is -0.118. The summed E-state index contributed by atoms with van der Waals surface area (Å²) < 4.78 is 10.8. The summed E-state index contributed by atoms with van der Waals surface area (Å²) in [7, 11) is 0. The number of aryl methyl sites for hydroxylation is 1. The monoisotopic (exact) mass is 323 g/mol. The Morgan fingerprint density at radius 2 is 1.83 bits per heavy atom. The van der Waals surface area contributed by atoms with Gasteiger partial charge in [0.15, 0.2) is 6.61 Å². The maximum absolute atomic E-state index is 11.9. The molecule has 0 aliphatic heterocycles. The van der Waals surface area contributed by atoms with Gasteiger partial charge >= 0.3 is 0 Å². The molecule has 3 aromatic rings. The molecule has 0 saturated heterocycles. The van der Waals surface area contributed by atoms with Gasteiger partial charge in [-0.05, 0) is 29.8 Å². The highest BCUT2D eigenvalue weighted by Crippen LogP contribution is 2.13. The minimum Gasteiger partial charge on any atom is -0.484 e. The van der Waals surface area contributed by atoms with Crippen molar-refractivity contribution in [3.05, 3.63) is 71.9 Å². The fourth-order valence-corrected chi connectivity index (χ4v) is 2.15. The highest BCUT2D eigenvalue weighted by molar-refractivity contribution is 5.91. The van der Waals surface area contributed by atoms with E-state index in [2.05, 4.69) is 15.5 Å². The topological polar surface area (TPSA) is 77.2 Å². The van der Waals surface area contributed by atoms with Crippen LogP contribution in [0.5, 0.6) is 5.75 Å². The highest BCUT2D eigenvalue weighted by Gasteiger charge is 2.06. The SMILES string of the molecule is Cc1nnc(Cc2ccc(NC(=O)COc3ccccc3)cc2)o1. The molecular formula is C18H17N3O3. The van der Waals surface area contributed by atoms with Crippen molar-refractivity contribution in [2.45, 2.75) is 13.3 Å². The average molecular weight is 323 g/mol. The van der Waals surface area contributed by atoms with Crippen molar-refractivity contribution >= 4 is 11.6 Å². The summed E-state index contributed by atoms with van der Waals surface area (Å²) in [5.74, 6) is 1.57. The van der Waals surface area contributed by atoms with Crippen LogP contribution in [0, 0.1) is 6.92 Å². The van der Waals surface area contributed by atoms with E-state index in [0.29, 0.717) is 29.6 Å². The number of carbonyl (C=O) groups excluding carboxylic acids is 1. The zero-order chi connectivity index (χ0) is 16.8. The number of carbonyl (C=O) groups is 1. The van der Waals surface area contributed by atoms with Gasteiger partial charge < -0.3 is 14.5 Å². The third-order valence-corrected chi connectivity index (χ3v) is 3.27. The summed E-state index contributed by atoms with van der Waals surface area (Å²) in [6, 6.07) is 16.7. The Balaban J connectivity index is 1.51. The third kappa shape index (κ3) is 4.42. The first kappa shape index (κ1) is 15.7. The van der Waals surface area contributed by atoms with Crippen LogP contribution in [0.15, 0.2) is 59.0 Å². The van der Waals surface area contributed by atoms with Gasteiger partial charge in [-0.2, -0.15) is 0 Å². The Hall–Kier alpha value is -3.15. The Labute approximate surface area is 139 Å². The third-order valence-electron chi connectivity index (χ3n) is 3.27. The molecule has 0 saturated carbocycles. The largest absolute Gasteiger partial charge is 0.484 e. The second-order valence-electron chi connectivity index (χ2n) is 5.24. The van der Waals surface area contributed by atoms with Gasteiger partial charge in [0.2, 0.25) is 11.8 Å². The number of aromatic nitrogens is 2. The molecule has 1 amide bonds. The van der Waals surface area contributed by atoms with Gasteiger partial charge in [-0.25, -0.2) is 0 Å². The van der Waals surface area contributed by atoms with Crippen LogP contribution in [0.3, 0.4) is 0 Å². The summed E-state index contributed by atoms with van der Waals surface area (Å²) in [4.78, 5) is 11.9. The van der Waals surface area contributed by atoms with Crippen LogP contribution in [0.2, 0.25) is 0 Å². The molecule has 0 atom stereocenters. The van der Waals surface area contributed by atoms with Crippen molar-refractivity contribution in [3.63, 3.8) is 0 Å². The quantitative estimate of drug-likeness (QED) is 0.754. The molecule has 6 heteroatoms. The van der Waals surface area contributed by atoms with Gasteiger partial charge in [-0.3, -0.25) is 4.79 Å². The predicted molar refractivity (Wildman–Crippen MR) is 88.8 cm³/mol. The van der Waals surface area contributed by atoms with Crippen molar-refractivity contribution in [3.8, 4) is 5.75 Å². The van der Waals surface area contributed by atoms with Crippen LogP contribution in [0.4, 0.5) is 5.69 Å². The van der Waals surface area contributed by atoms with E-state index < -0.39 is 0 Å². The van der Waals surface area contributed by atoms with E-state index in [1.54, 1.807) is 19.1 Å². The zero-order valence-corrected chi connectivity index (χ0v) is 13.2. The number of benzene rings is 2. The minimum absolute atomic E-state index is 0.0347. The molecule has 1 N–H and O–H groups in total. The number of rotatable bonds is 6. The van der Waals surface area contributed by atoms with Gasteiger partial charge in [-0.15, -0.1) is 10.2 Å². The molecule has 0 bridgehead atoms. The van der Waals surface area contributed by atoms with Crippen molar-refractivity contribution in [1.82, 2.24) is 10.2 Å². The van der Waals surface area contributed by atoms with E-state index in [4.69, 9.17) is 9.15 Å². The van der Waals surface area contributed by atoms with Crippen molar-refractivity contribution in [1.29, 1.82) is 0 Å². The second-order valence-corrected chi connectivity index (χ2v) is 5.24. The number of hydrogen-bond donors (Lipinski definition) is 1. The summed E-state index contributed by atoms with van der Waals surface area (Å²) in [5, 5.41) is 10.6. The molecule has 0 aliphatic rings. The molecule has 2 aromatic carbocycles. The molecule has 122 valence electrons. The van der Waals surface area contributed by atoms with Crippen LogP contribution in [-0.2, 0) is 11.2 Å². The first-order valence-electron chi connectivity index (χ1n) is 7.55. The van der Waals surface area contributed by atoms with E-state index >= 15 is 0 Å². The molecule has 1 heterocycles. The van der Waals surface area contributed by atoms with Crippen molar-refractivity contribution in [2.24, 2.45) is 0 Å². The number of ether oxygens (including phenoxy) is 1. The number of nitrogens with one attached hydrogen (secondary N) is 1. The van der Waals surface area contributed by atoms with Crippen molar-refractivity contribution < 1.29 is 13.9 Å². The van der Waals surface area contributed by atoms with Crippen LogP contribution < -0.4 is 10.1 Å². The van der Waals surface area contributed by atoms with Crippen LogP contribution in [-0.4, -0.2) is 22.7 Å². The van der Waals surface area contributed by atoms with Gasteiger partial charge in [0.25, 0.3) is 5.91 Å². The minimum atomic E-state index is -0.209. The first-order valence-corrected chi connectivity index (χ1v) is 7.55. The Kier molecular flexibility index (Phi) is 4.86.